The molecule has 37 heavy (non-hydrogen) atoms. The molecule has 3 aromatic carbocycles. The van der Waals surface area contributed by atoms with Crippen LogP contribution < -0.4 is 10.2 Å². The smallest absolute Gasteiger partial charge is 0.259 e. The molecule has 1 aliphatic carbocycles. The second-order valence-corrected chi connectivity index (χ2v) is 11.3. The normalized spacial score (nSPS) is 17.6. The average Bonchev–Trinajstić information content (AvgIpc) is 3.44. The van der Waals surface area contributed by atoms with E-state index in [4.69, 9.17) is 74.9 Å². The van der Waals surface area contributed by atoms with Crippen LogP contribution in [0.1, 0.15) is 27.4 Å². The van der Waals surface area contributed by atoms with E-state index in [1.807, 2.05) is 6.07 Å². The van der Waals surface area contributed by atoms with E-state index < -0.39 is 33.8 Å². The molecule has 3 aromatic rings. The van der Waals surface area contributed by atoms with E-state index in [0.29, 0.717) is 5.56 Å². The first-order valence-electron chi connectivity index (χ1n) is 10.5. The maximum absolute atomic E-state index is 14.4. The van der Waals surface area contributed by atoms with Crippen molar-refractivity contribution in [2.45, 2.75) is 10.3 Å². The maximum atomic E-state index is 14.4. The molecular weight excluding hydrogens is 606 g/mol. The van der Waals surface area contributed by atoms with Crippen LogP contribution >= 0.6 is 69.6 Å². The number of carbonyl (C=O) groups is 2. The van der Waals surface area contributed by atoms with E-state index in [0.717, 1.165) is 11.0 Å². The molecular formula is C25H14Cl6FN3O2. The maximum Gasteiger partial charge on any atom is 0.259 e. The first kappa shape index (κ1) is 27.8. The van der Waals surface area contributed by atoms with Crippen molar-refractivity contribution in [1.82, 2.24) is 0 Å². The zero-order valence-corrected chi connectivity index (χ0v) is 23.2. The van der Waals surface area contributed by atoms with Crippen molar-refractivity contribution in [2.75, 3.05) is 17.3 Å². The van der Waals surface area contributed by atoms with Crippen LogP contribution in [0.3, 0.4) is 0 Å². The van der Waals surface area contributed by atoms with Gasteiger partial charge in [-0.05, 0) is 54.1 Å². The summed E-state index contributed by atoms with van der Waals surface area (Å²) in [6.07, 6.45) is 0. The molecule has 0 radical (unpaired) electrons. The fraction of sp³-hybridized carbons (Fsp3) is 0.160. The molecule has 2 atom stereocenters. The van der Waals surface area contributed by atoms with Gasteiger partial charge in [0.1, 0.15) is 10.2 Å². The third kappa shape index (κ3) is 5.35. The molecule has 0 spiro atoms. The lowest BCUT2D eigenvalue weighted by molar-refractivity contribution is -0.117. The number of amides is 2. The molecule has 0 aliphatic heterocycles. The number of alkyl halides is 2. The van der Waals surface area contributed by atoms with Crippen molar-refractivity contribution in [3.63, 3.8) is 0 Å². The number of nitrogens with one attached hydrogen (secondary N) is 1. The summed E-state index contributed by atoms with van der Waals surface area (Å²) in [6, 6.07) is 12.9. The fourth-order valence-electron chi connectivity index (χ4n) is 3.95. The third-order valence-electron chi connectivity index (χ3n) is 5.91. The van der Waals surface area contributed by atoms with Gasteiger partial charge in [-0.3, -0.25) is 9.59 Å². The van der Waals surface area contributed by atoms with Crippen molar-refractivity contribution >= 4 is 92.8 Å². The molecule has 1 saturated carbocycles. The predicted octanol–water partition coefficient (Wildman–Crippen LogP) is 8.11. The van der Waals surface area contributed by atoms with Crippen LogP contribution in [0.5, 0.6) is 0 Å². The molecule has 0 saturated heterocycles. The molecule has 1 aliphatic rings. The van der Waals surface area contributed by atoms with Crippen molar-refractivity contribution < 1.29 is 14.0 Å². The Hall–Kier alpha value is -2.24. The number of nitrogens with zero attached hydrogens (tertiary/aromatic N) is 2. The molecule has 1 fully saturated rings. The first-order valence-corrected chi connectivity index (χ1v) is 12.7. The summed E-state index contributed by atoms with van der Waals surface area (Å²) in [5.41, 5.74) is 0.860. The monoisotopic (exact) mass is 617 g/mol. The highest BCUT2D eigenvalue weighted by atomic mass is 35.5. The lowest BCUT2D eigenvalue weighted by Crippen LogP contribution is -2.27. The number of hydrogen-bond acceptors (Lipinski definition) is 3. The fourth-order valence-corrected chi connectivity index (χ4v) is 5.59. The summed E-state index contributed by atoms with van der Waals surface area (Å²) in [7, 11) is 1.36. The van der Waals surface area contributed by atoms with Crippen molar-refractivity contribution in [2.24, 2.45) is 5.92 Å². The van der Waals surface area contributed by atoms with Gasteiger partial charge in [0.05, 0.1) is 48.9 Å². The number of nitriles is 1. The highest BCUT2D eigenvalue weighted by Crippen LogP contribution is 2.65. The van der Waals surface area contributed by atoms with Gasteiger partial charge >= 0.3 is 0 Å². The van der Waals surface area contributed by atoms with E-state index >= 15 is 0 Å². The number of carbonyl (C=O) groups excluding carboxylic acids is 2. The Morgan fingerprint density at radius 2 is 1.65 bits per heavy atom. The summed E-state index contributed by atoms with van der Waals surface area (Å²) >= 11 is 37.3. The Bertz CT molecular complexity index is 1470. The predicted molar refractivity (Wildman–Crippen MR) is 146 cm³/mol. The van der Waals surface area contributed by atoms with Gasteiger partial charge in [-0.15, -0.1) is 23.2 Å². The zero-order chi connectivity index (χ0) is 27.2. The van der Waals surface area contributed by atoms with E-state index in [-0.39, 0.29) is 42.6 Å². The molecule has 0 unspecified atom stereocenters. The van der Waals surface area contributed by atoms with Gasteiger partial charge in [-0.25, -0.2) is 4.39 Å². The second kappa shape index (κ2) is 10.5. The van der Waals surface area contributed by atoms with E-state index in [1.54, 1.807) is 12.1 Å². The minimum atomic E-state index is -1.43. The average molecular weight is 620 g/mol. The minimum Gasteiger partial charge on any atom is -0.326 e. The van der Waals surface area contributed by atoms with E-state index in [9.17, 15) is 14.0 Å². The number of hydrogen-bond donors (Lipinski definition) is 1. The summed E-state index contributed by atoms with van der Waals surface area (Å²) in [6.45, 7) is 0. The second-order valence-electron chi connectivity index (χ2n) is 8.25. The largest absolute Gasteiger partial charge is 0.326 e. The lowest BCUT2D eigenvalue weighted by Gasteiger charge is -2.19. The highest BCUT2D eigenvalue weighted by molar-refractivity contribution is 6.54. The highest BCUT2D eigenvalue weighted by Gasteiger charge is 2.67. The Morgan fingerprint density at radius 3 is 2.24 bits per heavy atom. The number of benzene rings is 3. The van der Waals surface area contributed by atoms with Gasteiger partial charge in [-0.2, -0.15) is 5.26 Å². The Labute approximate surface area is 241 Å². The molecule has 4 rings (SSSR count). The van der Waals surface area contributed by atoms with Gasteiger partial charge in [-0.1, -0.05) is 46.4 Å². The topological polar surface area (TPSA) is 73.2 Å². The van der Waals surface area contributed by atoms with Crippen molar-refractivity contribution in [3.8, 4) is 6.07 Å². The molecule has 12 heteroatoms. The van der Waals surface area contributed by atoms with Crippen LogP contribution in [0.25, 0.3) is 0 Å². The number of halogens is 7. The third-order valence-corrected chi connectivity index (χ3v) is 8.38. The van der Waals surface area contributed by atoms with Gasteiger partial charge in [0, 0.05) is 18.7 Å². The van der Waals surface area contributed by atoms with Crippen LogP contribution in [-0.2, 0) is 4.79 Å². The first-order chi connectivity index (χ1) is 17.4. The zero-order valence-electron chi connectivity index (χ0n) is 18.6. The van der Waals surface area contributed by atoms with Crippen molar-refractivity contribution in [3.05, 3.63) is 91.1 Å². The summed E-state index contributed by atoms with van der Waals surface area (Å²) in [5, 5.41) is 12.3. The summed E-state index contributed by atoms with van der Waals surface area (Å²) < 4.78 is 13.0. The van der Waals surface area contributed by atoms with Gasteiger partial charge in [0.15, 0.2) is 0 Å². The van der Waals surface area contributed by atoms with Crippen molar-refractivity contribution in [1.29, 1.82) is 5.26 Å². The SMILES string of the molecule is CN(C(=O)c1cc(NC(=O)[C@@H]2[C@@H](c3cc(Cl)c(Cl)c(Cl)c3)C2(Cl)Cl)ccc1Cl)c1ccc(C#N)cc1F. The number of rotatable bonds is 5. The molecule has 190 valence electrons. The molecule has 0 heterocycles. The van der Waals surface area contributed by atoms with Crippen LogP contribution in [0, 0.1) is 23.1 Å². The van der Waals surface area contributed by atoms with Gasteiger partial charge in [0.2, 0.25) is 5.91 Å². The standard InChI is InChI=1S/C25H14Cl6FN3O2/c1-35(19-5-2-11(10-33)6-18(19)32)24(37)14-9-13(3-4-15(14)26)34-23(36)21-20(25(21,30)31)12-7-16(27)22(29)17(28)8-12/h2-9,20-21H,1H3,(H,34,36)/t20-,21+/m1/s1. The molecule has 0 bridgehead atoms. The molecule has 1 N–H and O–H groups in total. The van der Waals surface area contributed by atoms with Crippen LogP contribution in [0.2, 0.25) is 20.1 Å². The molecule has 0 aromatic heterocycles. The van der Waals surface area contributed by atoms with Gasteiger partial charge in [0.25, 0.3) is 5.91 Å². The summed E-state index contributed by atoms with van der Waals surface area (Å²) in [5.74, 6) is -3.36. The van der Waals surface area contributed by atoms with Crippen LogP contribution in [0.4, 0.5) is 15.8 Å². The Morgan fingerprint density at radius 1 is 1.00 bits per heavy atom. The van der Waals surface area contributed by atoms with Crippen LogP contribution in [-0.4, -0.2) is 23.2 Å². The van der Waals surface area contributed by atoms with E-state index in [2.05, 4.69) is 5.32 Å². The van der Waals surface area contributed by atoms with Crippen LogP contribution in [0.15, 0.2) is 48.5 Å². The Kier molecular flexibility index (Phi) is 7.88. The molecule has 5 nitrogen and oxygen atoms in total. The molecule has 2 amide bonds. The Balaban J connectivity index is 1.55. The summed E-state index contributed by atoms with van der Waals surface area (Å²) in [4.78, 5) is 27.2. The quantitative estimate of drug-likeness (QED) is 0.232. The van der Waals surface area contributed by atoms with E-state index in [1.165, 1.54) is 37.4 Å². The lowest BCUT2D eigenvalue weighted by atomic mass is 10.1. The number of anilines is 2. The van der Waals surface area contributed by atoms with Gasteiger partial charge < -0.3 is 10.2 Å². The minimum absolute atomic E-state index is 0.0114.